The van der Waals surface area contributed by atoms with Crippen LogP contribution in [0.2, 0.25) is 0 Å². The number of nitrogens with one attached hydrogen (secondary N) is 1. The van der Waals surface area contributed by atoms with Crippen LogP contribution in [0.1, 0.15) is 32.3 Å². The normalized spacial score (nSPS) is 12.7. The van der Waals surface area contributed by atoms with E-state index in [2.05, 4.69) is 19.2 Å². The van der Waals surface area contributed by atoms with Gasteiger partial charge in [-0.3, -0.25) is 10.1 Å². The molecule has 0 aliphatic carbocycles. The smallest absolute Gasteiger partial charge is 0.272 e. The Hall–Kier alpha value is -1.42. The van der Waals surface area contributed by atoms with E-state index >= 15 is 0 Å². The van der Waals surface area contributed by atoms with Crippen molar-refractivity contribution in [2.45, 2.75) is 39.2 Å². The molecule has 4 nitrogen and oxygen atoms in total. The average molecular weight is 250 g/mol. The van der Waals surface area contributed by atoms with Gasteiger partial charge in [-0.05, 0) is 32.2 Å². The van der Waals surface area contributed by atoms with Crippen molar-refractivity contribution in [2.75, 3.05) is 7.05 Å². The Balaban J connectivity index is 2.64. The van der Waals surface area contributed by atoms with Crippen LogP contribution in [0.5, 0.6) is 0 Å². The van der Waals surface area contributed by atoms with E-state index in [9.17, 15) is 10.1 Å². The monoisotopic (exact) mass is 250 g/mol. The maximum Gasteiger partial charge on any atom is 0.272 e. The van der Waals surface area contributed by atoms with Gasteiger partial charge in [0, 0.05) is 17.7 Å². The highest BCUT2D eigenvalue weighted by Crippen LogP contribution is 2.20. The fourth-order valence-corrected chi connectivity index (χ4v) is 2.18. The van der Waals surface area contributed by atoms with Gasteiger partial charge in [-0.2, -0.15) is 0 Å². The predicted molar refractivity (Wildman–Crippen MR) is 73.7 cm³/mol. The standard InChI is InChI=1S/C14H22N2O2/c1-11(2)10-13(15-3)9-8-12-6-4-5-7-14(12)16(17)18/h4-7,11,13,15H,8-10H2,1-3H3. The molecule has 0 heterocycles. The quantitative estimate of drug-likeness (QED) is 0.597. The Morgan fingerprint density at radius 1 is 1.33 bits per heavy atom. The van der Waals surface area contributed by atoms with Crippen molar-refractivity contribution in [2.24, 2.45) is 5.92 Å². The summed E-state index contributed by atoms with van der Waals surface area (Å²) in [5.74, 6) is 0.633. The fourth-order valence-electron chi connectivity index (χ4n) is 2.18. The number of nitrogens with zero attached hydrogens (tertiary/aromatic N) is 1. The van der Waals surface area contributed by atoms with Gasteiger partial charge in [-0.15, -0.1) is 0 Å². The Kier molecular flexibility index (Phi) is 5.78. The van der Waals surface area contributed by atoms with Crippen molar-refractivity contribution in [3.8, 4) is 0 Å². The van der Waals surface area contributed by atoms with Crippen LogP contribution in [0, 0.1) is 16.0 Å². The lowest BCUT2D eigenvalue weighted by atomic mass is 9.97. The van der Waals surface area contributed by atoms with E-state index in [0.717, 1.165) is 24.8 Å². The van der Waals surface area contributed by atoms with Crippen LogP contribution in [0.3, 0.4) is 0 Å². The second-order valence-corrected chi connectivity index (χ2v) is 5.04. The number of hydrogen-bond donors (Lipinski definition) is 1. The third-order valence-corrected chi connectivity index (χ3v) is 3.11. The molecule has 1 unspecified atom stereocenters. The molecule has 1 rings (SSSR count). The van der Waals surface area contributed by atoms with Crippen molar-refractivity contribution in [3.05, 3.63) is 39.9 Å². The summed E-state index contributed by atoms with van der Waals surface area (Å²) in [7, 11) is 1.95. The lowest BCUT2D eigenvalue weighted by molar-refractivity contribution is -0.385. The van der Waals surface area contributed by atoms with E-state index in [1.165, 1.54) is 0 Å². The van der Waals surface area contributed by atoms with Crippen molar-refractivity contribution < 1.29 is 4.92 Å². The van der Waals surface area contributed by atoms with Gasteiger partial charge in [-0.1, -0.05) is 32.0 Å². The molecule has 0 amide bonds. The molecule has 1 N–H and O–H groups in total. The minimum atomic E-state index is -0.299. The van der Waals surface area contributed by atoms with Gasteiger partial charge in [-0.25, -0.2) is 0 Å². The van der Waals surface area contributed by atoms with Gasteiger partial charge in [0.05, 0.1) is 4.92 Å². The molecule has 0 aliphatic rings. The molecule has 0 saturated carbocycles. The average Bonchev–Trinajstić information content (AvgIpc) is 2.34. The lowest BCUT2D eigenvalue weighted by Gasteiger charge is -2.18. The first-order chi connectivity index (χ1) is 8.54. The number of rotatable bonds is 7. The maximum absolute atomic E-state index is 10.9. The predicted octanol–water partition coefficient (Wildman–Crippen LogP) is 3.16. The van der Waals surface area contributed by atoms with Crippen LogP contribution in [-0.2, 0) is 6.42 Å². The first-order valence-electron chi connectivity index (χ1n) is 6.44. The summed E-state index contributed by atoms with van der Waals surface area (Å²) in [5.41, 5.74) is 1.06. The molecule has 0 saturated heterocycles. The molecule has 1 atom stereocenters. The summed E-state index contributed by atoms with van der Waals surface area (Å²) in [6.07, 6.45) is 2.77. The highest BCUT2D eigenvalue weighted by molar-refractivity contribution is 5.39. The summed E-state index contributed by atoms with van der Waals surface area (Å²) in [6, 6.07) is 7.42. The molecule has 0 fully saturated rings. The number of nitro groups is 1. The van der Waals surface area contributed by atoms with Crippen LogP contribution >= 0.6 is 0 Å². The number of nitro benzene ring substituents is 1. The summed E-state index contributed by atoms with van der Waals surface area (Å²) >= 11 is 0. The van der Waals surface area contributed by atoms with Gasteiger partial charge >= 0.3 is 0 Å². The lowest BCUT2D eigenvalue weighted by Crippen LogP contribution is -2.27. The summed E-state index contributed by atoms with van der Waals surface area (Å²) in [5, 5.41) is 14.2. The second kappa shape index (κ2) is 7.11. The number of benzene rings is 1. The van der Waals surface area contributed by atoms with E-state index < -0.39 is 0 Å². The molecule has 0 aliphatic heterocycles. The van der Waals surface area contributed by atoms with Crippen molar-refractivity contribution >= 4 is 5.69 Å². The molecule has 18 heavy (non-hydrogen) atoms. The van der Waals surface area contributed by atoms with Crippen LogP contribution in [-0.4, -0.2) is 18.0 Å². The van der Waals surface area contributed by atoms with Crippen LogP contribution in [0.15, 0.2) is 24.3 Å². The van der Waals surface area contributed by atoms with Gasteiger partial charge in [0.2, 0.25) is 0 Å². The third-order valence-electron chi connectivity index (χ3n) is 3.11. The molecular formula is C14H22N2O2. The van der Waals surface area contributed by atoms with Crippen LogP contribution < -0.4 is 5.32 Å². The molecule has 1 aromatic rings. The molecule has 0 radical (unpaired) electrons. The minimum Gasteiger partial charge on any atom is -0.317 e. The van der Waals surface area contributed by atoms with E-state index in [0.29, 0.717) is 12.0 Å². The molecule has 0 spiro atoms. The van der Waals surface area contributed by atoms with Crippen molar-refractivity contribution in [1.29, 1.82) is 0 Å². The largest absolute Gasteiger partial charge is 0.317 e. The zero-order chi connectivity index (χ0) is 13.5. The molecule has 1 aromatic carbocycles. The third kappa shape index (κ3) is 4.45. The van der Waals surface area contributed by atoms with Gasteiger partial charge in [0.15, 0.2) is 0 Å². The topological polar surface area (TPSA) is 55.2 Å². The van der Waals surface area contributed by atoms with Gasteiger partial charge < -0.3 is 5.32 Å². The molecule has 100 valence electrons. The van der Waals surface area contributed by atoms with Gasteiger partial charge in [0.25, 0.3) is 5.69 Å². The molecule has 0 aromatic heterocycles. The molecule has 4 heteroatoms. The number of hydrogen-bond acceptors (Lipinski definition) is 3. The fraction of sp³-hybridized carbons (Fsp3) is 0.571. The van der Waals surface area contributed by atoms with E-state index in [4.69, 9.17) is 0 Å². The van der Waals surface area contributed by atoms with Gasteiger partial charge in [0.1, 0.15) is 0 Å². The zero-order valence-corrected chi connectivity index (χ0v) is 11.3. The Bertz CT molecular complexity index is 391. The first-order valence-corrected chi connectivity index (χ1v) is 6.44. The highest BCUT2D eigenvalue weighted by atomic mass is 16.6. The SMILES string of the molecule is CNC(CCc1ccccc1[N+](=O)[O-])CC(C)C. The first kappa shape index (κ1) is 14.6. The van der Waals surface area contributed by atoms with E-state index in [1.807, 2.05) is 19.2 Å². The number of aryl methyl sites for hydroxylation is 1. The Labute approximate surface area is 109 Å². The van der Waals surface area contributed by atoms with Crippen molar-refractivity contribution in [1.82, 2.24) is 5.32 Å². The summed E-state index contributed by atoms with van der Waals surface area (Å²) in [6.45, 7) is 4.38. The summed E-state index contributed by atoms with van der Waals surface area (Å²) < 4.78 is 0. The molecular weight excluding hydrogens is 228 g/mol. The van der Waals surface area contributed by atoms with E-state index in [1.54, 1.807) is 12.1 Å². The zero-order valence-electron chi connectivity index (χ0n) is 11.3. The number of para-hydroxylation sites is 1. The van der Waals surface area contributed by atoms with E-state index in [-0.39, 0.29) is 10.6 Å². The minimum absolute atomic E-state index is 0.233. The summed E-state index contributed by atoms with van der Waals surface area (Å²) in [4.78, 5) is 10.6. The van der Waals surface area contributed by atoms with Crippen LogP contribution in [0.4, 0.5) is 5.69 Å². The molecule has 0 bridgehead atoms. The second-order valence-electron chi connectivity index (χ2n) is 5.04. The Morgan fingerprint density at radius 3 is 2.56 bits per heavy atom. The van der Waals surface area contributed by atoms with Crippen LogP contribution in [0.25, 0.3) is 0 Å². The van der Waals surface area contributed by atoms with Crippen molar-refractivity contribution in [3.63, 3.8) is 0 Å². The highest BCUT2D eigenvalue weighted by Gasteiger charge is 2.14. The maximum atomic E-state index is 10.9. The Morgan fingerprint density at radius 2 is 2.00 bits per heavy atom.